The molecular weight excluding hydrogens is 506 g/mol. The molecule has 194 valence electrons. The molecule has 4 aromatic carbocycles. The molecule has 8 nitrogen and oxygen atoms in total. The fourth-order valence-electron chi connectivity index (χ4n) is 6.75. The molecule has 0 N–H and O–H groups in total. The van der Waals surface area contributed by atoms with Gasteiger partial charge in [-0.1, -0.05) is 91.0 Å². The van der Waals surface area contributed by atoms with Gasteiger partial charge >= 0.3 is 0 Å². The lowest BCUT2D eigenvalue weighted by Crippen LogP contribution is -2.43. The first-order valence-electron chi connectivity index (χ1n) is 12.9. The van der Waals surface area contributed by atoms with Crippen LogP contribution < -0.4 is 0 Å². The van der Waals surface area contributed by atoms with Crippen molar-refractivity contribution in [2.75, 3.05) is 0 Å². The summed E-state index contributed by atoms with van der Waals surface area (Å²) >= 11 is 0. The number of carbonyl (C=O) groups is 3. The zero-order valence-electron chi connectivity index (χ0n) is 21.0. The number of hydrazone groups is 1. The number of nitro benzene ring substituents is 1. The number of hydrogen-bond donors (Lipinski definition) is 0. The number of fused-ring (bicyclic) bond motifs is 5. The lowest BCUT2D eigenvalue weighted by atomic mass is 9.63. The Labute approximate surface area is 228 Å². The SMILES string of the molecule is O=C(c1ccccc1)[C@H]1[C@@H](c2cccc([N+](=O)[O-])c2)C2(C(=O)c3ccccc3C2=O)[C@H]2c3ccccc3C=NN12. The van der Waals surface area contributed by atoms with E-state index in [0.29, 0.717) is 16.7 Å². The fraction of sp³-hybridized carbons (Fsp3) is 0.125. The van der Waals surface area contributed by atoms with Gasteiger partial charge in [-0.3, -0.25) is 29.5 Å². The standard InChI is InChI=1S/C32H21N3O5/c36-28(19-9-2-1-3-10-19)27-26(20-12-8-13-22(17-20)35(39)40)32(30(37)24-15-6-7-16-25(24)31(32)38)29-23-14-5-4-11-21(23)18-33-34(27)29/h1-18,26-27,29H/t26-,27-,29-/m1/s1. The van der Waals surface area contributed by atoms with Crippen molar-refractivity contribution < 1.29 is 19.3 Å². The smallest absolute Gasteiger partial charge is 0.269 e. The number of benzene rings is 4. The van der Waals surface area contributed by atoms with E-state index >= 15 is 0 Å². The van der Waals surface area contributed by atoms with Crippen LogP contribution in [0.1, 0.15) is 59.7 Å². The average molecular weight is 528 g/mol. The molecule has 1 fully saturated rings. The molecule has 1 spiro atoms. The summed E-state index contributed by atoms with van der Waals surface area (Å²) in [6.07, 6.45) is 1.64. The van der Waals surface area contributed by atoms with Crippen molar-refractivity contribution in [3.05, 3.63) is 147 Å². The van der Waals surface area contributed by atoms with Gasteiger partial charge in [-0.2, -0.15) is 5.10 Å². The van der Waals surface area contributed by atoms with E-state index in [1.807, 2.05) is 24.3 Å². The minimum atomic E-state index is -1.78. The molecule has 1 saturated heterocycles. The summed E-state index contributed by atoms with van der Waals surface area (Å²) in [6, 6.07) is 26.6. The second-order valence-electron chi connectivity index (χ2n) is 10.2. The molecular formula is C32H21N3O5. The Morgan fingerprint density at radius 3 is 2.17 bits per heavy atom. The van der Waals surface area contributed by atoms with Crippen molar-refractivity contribution in [3.8, 4) is 0 Å². The lowest BCUT2D eigenvalue weighted by molar-refractivity contribution is -0.384. The Hall–Kier alpha value is -5.24. The molecule has 0 radical (unpaired) electrons. The molecule has 4 aromatic rings. The maximum atomic E-state index is 14.7. The van der Waals surface area contributed by atoms with E-state index in [0.717, 1.165) is 5.56 Å². The highest BCUT2D eigenvalue weighted by Gasteiger charge is 2.72. The molecule has 1 aliphatic carbocycles. The normalized spacial score (nSPS) is 21.7. The van der Waals surface area contributed by atoms with Crippen LogP contribution in [0, 0.1) is 15.5 Å². The van der Waals surface area contributed by atoms with Gasteiger partial charge in [0.25, 0.3) is 5.69 Å². The molecule has 40 heavy (non-hydrogen) atoms. The van der Waals surface area contributed by atoms with Gasteiger partial charge in [-0.15, -0.1) is 0 Å². The second-order valence-corrected chi connectivity index (χ2v) is 10.2. The first-order chi connectivity index (χ1) is 19.4. The number of ketones is 3. The molecule has 0 unspecified atom stereocenters. The van der Waals surface area contributed by atoms with E-state index in [1.165, 1.54) is 18.2 Å². The number of non-ortho nitro benzene ring substituents is 1. The summed E-state index contributed by atoms with van der Waals surface area (Å²) < 4.78 is 0. The zero-order valence-corrected chi connectivity index (χ0v) is 21.0. The minimum absolute atomic E-state index is 0.192. The highest BCUT2D eigenvalue weighted by molar-refractivity contribution is 6.31. The lowest BCUT2D eigenvalue weighted by Gasteiger charge is -2.36. The minimum Gasteiger partial charge on any atom is -0.293 e. The van der Waals surface area contributed by atoms with Crippen molar-refractivity contribution in [3.63, 3.8) is 0 Å². The first kappa shape index (κ1) is 23.8. The summed E-state index contributed by atoms with van der Waals surface area (Å²) in [7, 11) is 0. The Kier molecular flexibility index (Phi) is 5.15. The largest absolute Gasteiger partial charge is 0.293 e. The number of carbonyl (C=O) groups excluding carboxylic acids is 3. The van der Waals surface area contributed by atoms with E-state index < -0.39 is 39.9 Å². The van der Waals surface area contributed by atoms with Crippen LogP contribution in [-0.2, 0) is 0 Å². The van der Waals surface area contributed by atoms with Gasteiger partial charge in [0, 0.05) is 34.7 Å². The molecule has 0 amide bonds. The number of nitrogens with zero attached hydrogens (tertiary/aromatic N) is 3. The van der Waals surface area contributed by atoms with Crippen molar-refractivity contribution in [1.82, 2.24) is 5.01 Å². The predicted octanol–water partition coefficient (Wildman–Crippen LogP) is 5.40. The summed E-state index contributed by atoms with van der Waals surface area (Å²) in [4.78, 5) is 55.0. The first-order valence-corrected chi connectivity index (χ1v) is 12.9. The van der Waals surface area contributed by atoms with Crippen molar-refractivity contribution in [2.45, 2.75) is 18.0 Å². The Bertz CT molecular complexity index is 1750. The van der Waals surface area contributed by atoms with Crippen LogP contribution in [0.15, 0.2) is 108 Å². The van der Waals surface area contributed by atoms with Crippen LogP contribution in [0.2, 0.25) is 0 Å². The summed E-state index contributed by atoms with van der Waals surface area (Å²) in [5.41, 5.74) is 0.787. The third-order valence-corrected chi connectivity index (χ3v) is 8.34. The summed E-state index contributed by atoms with van der Waals surface area (Å²) in [6.45, 7) is 0. The van der Waals surface area contributed by atoms with Gasteiger partial charge in [0.1, 0.15) is 11.5 Å². The fourth-order valence-corrected chi connectivity index (χ4v) is 6.75. The van der Waals surface area contributed by atoms with Gasteiger partial charge in [-0.25, -0.2) is 0 Å². The van der Waals surface area contributed by atoms with Gasteiger partial charge in [0.15, 0.2) is 17.3 Å². The van der Waals surface area contributed by atoms with Crippen LogP contribution in [0.3, 0.4) is 0 Å². The average Bonchev–Trinajstić information content (AvgIpc) is 3.43. The maximum Gasteiger partial charge on any atom is 0.269 e. The van der Waals surface area contributed by atoms with E-state index in [2.05, 4.69) is 0 Å². The third-order valence-electron chi connectivity index (χ3n) is 8.34. The van der Waals surface area contributed by atoms with Crippen LogP contribution in [-0.4, -0.2) is 39.5 Å². The quantitative estimate of drug-likeness (QED) is 0.152. The highest BCUT2D eigenvalue weighted by Crippen LogP contribution is 2.64. The van der Waals surface area contributed by atoms with Gasteiger partial charge in [0.2, 0.25) is 0 Å². The monoisotopic (exact) mass is 527 g/mol. The van der Waals surface area contributed by atoms with Gasteiger partial charge < -0.3 is 0 Å². The van der Waals surface area contributed by atoms with Gasteiger partial charge in [0.05, 0.1) is 17.2 Å². The molecule has 8 heteroatoms. The highest BCUT2D eigenvalue weighted by atomic mass is 16.6. The number of rotatable bonds is 4. The van der Waals surface area contributed by atoms with Crippen molar-refractivity contribution in [1.29, 1.82) is 0 Å². The third kappa shape index (κ3) is 3.07. The number of Topliss-reactive ketones (excluding diaryl/α,β-unsaturated/α-hetero) is 3. The molecule has 0 aromatic heterocycles. The van der Waals surface area contributed by atoms with E-state index in [4.69, 9.17) is 5.10 Å². The predicted molar refractivity (Wildman–Crippen MR) is 147 cm³/mol. The maximum absolute atomic E-state index is 14.7. The number of hydrogen-bond acceptors (Lipinski definition) is 7. The Balaban J connectivity index is 1.57. The molecule has 0 saturated carbocycles. The van der Waals surface area contributed by atoms with Crippen LogP contribution in [0.4, 0.5) is 5.69 Å². The van der Waals surface area contributed by atoms with Crippen LogP contribution >= 0.6 is 0 Å². The molecule has 0 bridgehead atoms. The van der Waals surface area contributed by atoms with E-state index in [9.17, 15) is 24.5 Å². The topological polar surface area (TPSA) is 110 Å². The zero-order chi connectivity index (χ0) is 27.6. The van der Waals surface area contributed by atoms with E-state index in [-0.39, 0.29) is 22.6 Å². The molecule has 2 aliphatic heterocycles. The van der Waals surface area contributed by atoms with E-state index in [1.54, 1.807) is 71.9 Å². The molecule has 3 aliphatic rings. The van der Waals surface area contributed by atoms with Crippen molar-refractivity contribution in [2.24, 2.45) is 10.5 Å². The Morgan fingerprint density at radius 1 is 0.825 bits per heavy atom. The number of nitro groups is 1. The van der Waals surface area contributed by atoms with Crippen molar-refractivity contribution >= 4 is 29.3 Å². The summed E-state index contributed by atoms with van der Waals surface area (Å²) in [5.74, 6) is -2.20. The van der Waals surface area contributed by atoms with Crippen LogP contribution in [0.25, 0.3) is 0 Å². The molecule has 3 atom stereocenters. The van der Waals surface area contributed by atoms with Crippen LogP contribution in [0.5, 0.6) is 0 Å². The summed E-state index contributed by atoms with van der Waals surface area (Å²) in [5, 5.41) is 18.1. The molecule has 2 heterocycles. The van der Waals surface area contributed by atoms with Gasteiger partial charge in [-0.05, 0) is 16.7 Å². The second kappa shape index (κ2) is 8.64. The Morgan fingerprint density at radius 2 is 1.48 bits per heavy atom. The molecule has 7 rings (SSSR count).